The minimum atomic E-state index is -0.510. The fourth-order valence-corrected chi connectivity index (χ4v) is 1.94. The Hall–Kier alpha value is -2.15. The van der Waals surface area contributed by atoms with Crippen LogP contribution < -0.4 is 10.2 Å². The van der Waals surface area contributed by atoms with Crippen LogP contribution in [-0.4, -0.2) is 35.6 Å². The van der Waals surface area contributed by atoms with Gasteiger partial charge in [0.1, 0.15) is 5.69 Å². The summed E-state index contributed by atoms with van der Waals surface area (Å²) in [6.45, 7) is -0.192. The molecule has 0 atom stereocenters. The largest absolute Gasteiger partial charge is 0.392 e. The molecule has 1 aliphatic rings. The Morgan fingerprint density at radius 3 is 2.80 bits per heavy atom. The number of rotatable bonds is 6. The summed E-state index contributed by atoms with van der Waals surface area (Å²) >= 11 is 0. The molecule has 1 saturated carbocycles. The van der Waals surface area contributed by atoms with Crippen LogP contribution in [0.25, 0.3) is 0 Å². The molecule has 0 aromatic heterocycles. The number of nitrogens with zero attached hydrogens (tertiary/aromatic N) is 2. The van der Waals surface area contributed by atoms with E-state index in [0.717, 1.165) is 12.8 Å². The molecule has 2 rings (SSSR count). The smallest absolute Gasteiger partial charge is 0.292 e. The van der Waals surface area contributed by atoms with E-state index in [1.165, 1.54) is 11.0 Å². The lowest BCUT2D eigenvalue weighted by molar-refractivity contribution is -0.384. The van der Waals surface area contributed by atoms with Gasteiger partial charge >= 0.3 is 0 Å². The quantitative estimate of drug-likeness (QED) is 0.593. The van der Waals surface area contributed by atoms with Gasteiger partial charge in [-0.1, -0.05) is 6.07 Å². The summed E-state index contributed by atoms with van der Waals surface area (Å²) in [7, 11) is 1.63. The Kier molecular flexibility index (Phi) is 4.19. The molecule has 7 heteroatoms. The minimum Gasteiger partial charge on any atom is -0.392 e. The predicted octanol–water partition coefficient (Wildman–Crippen LogP) is 0.802. The van der Waals surface area contributed by atoms with E-state index in [9.17, 15) is 14.9 Å². The topological polar surface area (TPSA) is 95.7 Å². The molecule has 1 aromatic carbocycles. The monoisotopic (exact) mass is 279 g/mol. The summed E-state index contributed by atoms with van der Waals surface area (Å²) in [5, 5.41) is 22.9. The Morgan fingerprint density at radius 1 is 1.55 bits per heavy atom. The van der Waals surface area contributed by atoms with E-state index in [4.69, 9.17) is 5.11 Å². The number of benzene rings is 1. The molecule has 0 aliphatic heterocycles. The van der Waals surface area contributed by atoms with Crippen molar-refractivity contribution >= 4 is 17.3 Å². The number of carbonyl (C=O) groups excluding carboxylic acids is 1. The highest BCUT2D eigenvalue weighted by molar-refractivity contribution is 5.82. The highest BCUT2D eigenvalue weighted by Gasteiger charge is 2.25. The van der Waals surface area contributed by atoms with E-state index in [0.29, 0.717) is 11.3 Å². The van der Waals surface area contributed by atoms with Gasteiger partial charge in [-0.05, 0) is 24.5 Å². The molecule has 0 spiro atoms. The van der Waals surface area contributed by atoms with Crippen molar-refractivity contribution in [3.8, 4) is 0 Å². The lowest BCUT2D eigenvalue weighted by atomic mass is 10.1. The third kappa shape index (κ3) is 3.45. The Morgan fingerprint density at radius 2 is 2.25 bits per heavy atom. The number of anilines is 1. The van der Waals surface area contributed by atoms with Gasteiger partial charge in [-0.25, -0.2) is 0 Å². The number of nitrogens with one attached hydrogen (secondary N) is 1. The van der Waals surface area contributed by atoms with Crippen molar-refractivity contribution in [3.05, 3.63) is 33.9 Å². The van der Waals surface area contributed by atoms with E-state index in [1.54, 1.807) is 19.2 Å². The molecule has 0 bridgehead atoms. The number of hydrogen-bond acceptors (Lipinski definition) is 5. The molecular formula is C13H17N3O4. The van der Waals surface area contributed by atoms with Crippen molar-refractivity contribution in [2.75, 3.05) is 18.5 Å². The molecule has 7 nitrogen and oxygen atoms in total. The van der Waals surface area contributed by atoms with E-state index in [-0.39, 0.29) is 30.8 Å². The molecule has 1 aromatic rings. The van der Waals surface area contributed by atoms with Gasteiger partial charge in [0.05, 0.1) is 18.1 Å². The standard InChI is InChI=1S/C13H17N3O4/c1-15(7-13(18)14-10-3-4-10)11-5-2-9(8-17)6-12(11)16(19)20/h2,5-6,10,17H,3-4,7-8H2,1H3,(H,14,18). The second kappa shape index (κ2) is 5.87. The minimum absolute atomic E-state index is 0.0653. The van der Waals surface area contributed by atoms with Crippen LogP contribution in [0.3, 0.4) is 0 Å². The molecular weight excluding hydrogens is 262 g/mol. The zero-order chi connectivity index (χ0) is 14.7. The number of aliphatic hydroxyl groups is 1. The van der Waals surface area contributed by atoms with E-state index in [2.05, 4.69) is 5.32 Å². The number of nitro groups is 1. The second-order valence-electron chi connectivity index (χ2n) is 4.94. The maximum Gasteiger partial charge on any atom is 0.292 e. The summed E-state index contributed by atoms with van der Waals surface area (Å²) in [4.78, 5) is 23.8. The molecule has 0 unspecified atom stereocenters. The molecule has 1 aliphatic carbocycles. The third-order valence-electron chi connectivity index (χ3n) is 3.15. The first-order valence-corrected chi connectivity index (χ1v) is 6.40. The molecule has 20 heavy (non-hydrogen) atoms. The van der Waals surface area contributed by atoms with Crippen molar-refractivity contribution in [3.63, 3.8) is 0 Å². The van der Waals surface area contributed by atoms with Crippen molar-refractivity contribution in [1.29, 1.82) is 0 Å². The summed E-state index contributed by atoms with van der Waals surface area (Å²) < 4.78 is 0. The average molecular weight is 279 g/mol. The fourth-order valence-electron chi connectivity index (χ4n) is 1.94. The molecule has 1 fully saturated rings. The van der Waals surface area contributed by atoms with Crippen LogP contribution in [0.15, 0.2) is 18.2 Å². The highest BCUT2D eigenvalue weighted by atomic mass is 16.6. The first kappa shape index (κ1) is 14.3. The zero-order valence-corrected chi connectivity index (χ0v) is 11.2. The van der Waals surface area contributed by atoms with Crippen LogP contribution in [0, 0.1) is 10.1 Å². The molecule has 0 radical (unpaired) electrons. The van der Waals surface area contributed by atoms with Crippen molar-refractivity contribution < 1.29 is 14.8 Å². The van der Waals surface area contributed by atoms with Crippen molar-refractivity contribution in [2.45, 2.75) is 25.5 Å². The zero-order valence-electron chi connectivity index (χ0n) is 11.2. The summed E-state index contributed by atoms with van der Waals surface area (Å²) in [6, 6.07) is 4.75. The number of nitro benzene ring substituents is 1. The first-order valence-electron chi connectivity index (χ1n) is 6.40. The number of likely N-dealkylation sites (N-methyl/N-ethyl adjacent to an activating group) is 1. The van der Waals surface area contributed by atoms with Crippen LogP contribution in [0.4, 0.5) is 11.4 Å². The van der Waals surface area contributed by atoms with Gasteiger partial charge in [-0.3, -0.25) is 14.9 Å². The number of aliphatic hydroxyl groups excluding tert-OH is 1. The third-order valence-corrected chi connectivity index (χ3v) is 3.15. The SMILES string of the molecule is CN(CC(=O)NC1CC1)c1ccc(CO)cc1[N+](=O)[O-]. The van der Waals surface area contributed by atoms with Crippen LogP contribution >= 0.6 is 0 Å². The van der Waals surface area contributed by atoms with Crippen LogP contribution in [0.5, 0.6) is 0 Å². The van der Waals surface area contributed by atoms with Crippen LogP contribution in [0.1, 0.15) is 18.4 Å². The summed E-state index contributed by atoms with van der Waals surface area (Å²) in [5.41, 5.74) is 0.715. The van der Waals surface area contributed by atoms with Gasteiger partial charge in [-0.2, -0.15) is 0 Å². The van der Waals surface area contributed by atoms with Crippen LogP contribution in [-0.2, 0) is 11.4 Å². The predicted molar refractivity (Wildman–Crippen MR) is 73.5 cm³/mol. The van der Waals surface area contributed by atoms with Crippen molar-refractivity contribution in [2.24, 2.45) is 0 Å². The normalized spacial score (nSPS) is 13.9. The Labute approximate surface area is 116 Å². The maximum absolute atomic E-state index is 11.7. The van der Waals surface area contributed by atoms with E-state index in [1.807, 2.05) is 0 Å². The number of hydrogen-bond donors (Lipinski definition) is 2. The number of carbonyl (C=O) groups is 1. The molecule has 0 heterocycles. The van der Waals surface area contributed by atoms with Crippen molar-refractivity contribution in [1.82, 2.24) is 5.32 Å². The van der Waals surface area contributed by atoms with E-state index >= 15 is 0 Å². The summed E-state index contributed by atoms with van der Waals surface area (Å²) in [5.74, 6) is -0.143. The summed E-state index contributed by atoms with van der Waals surface area (Å²) in [6.07, 6.45) is 2.00. The molecule has 2 N–H and O–H groups in total. The van der Waals surface area contributed by atoms with Gasteiger partial charge in [0.25, 0.3) is 5.69 Å². The Bertz CT molecular complexity index is 528. The maximum atomic E-state index is 11.7. The fraction of sp³-hybridized carbons (Fsp3) is 0.462. The lowest BCUT2D eigenvalue weighted by Gasteiger charge is -2.19. The average Bonchev–Trinajstić information content (AvgIpc) is 3.21. The molecule has 1 amide bonds. The van der Waals surface area contributed by atoms with Crippen LogP contribution in [0.2, 0.25) is 0 Å². The van der Waals surface area contributed by atoms with E-state index < -0.39 is 4.92 Å². The first-order chi connectivity index (χ1) is 9.51. The van der Waals surface area contributed by atoms with Gasteiger partial charge in [0.2, 0.25) is 5.91 Å². The number of amides is 1. The van der Waals surface area contributed by atoms with Gasteiger partial charge in [0.15, 0.2) is 0 Å². The second-order valence-corrected chi connectivity index (χ2v) is 4.94. The Balaban J connectivity index is 2.12. The highest BCUT2D eigenvalue weighted by Crippen LogP contribution is 2.28. The molecule has 108 valence electrons. The van der Waals surface area contributed by atoms with Gasteiger partial charge in [-0.15, -0.1) is 0 Å². The van der Waals surface area contributed by atoms with Gasteiger partial charge < -0.3 is 15.3 Å². The molecule has 0 saturated heterocycles. The van der Waals surface area contributed by atoms with Gasteiger partial charge in [0, 0.05) is 19.2 Å². The lowest BCUT2D eigenvalue weighted by Crippen LogP contribution is -2.36.